The zero-order chi connectivity index (χ0) is 28.5. The van der Waals surface area contributed by atoms with Crippen LogP contribution < -0.4 is 10.1 Å². The van der Waals surface area contributed by atoms with Crippen molar-refractivity contribution in [1.29, 1.82) is 0 Å². The van der Waals surface area contributed by atoms with Gasteiger partial charge < -0.3 is 19.9 Å². The Morgan fingerprint density at radius 2 is 1.67 bits per heavy atom. The molecule has 0 aliphatic rings. The van der Waals surface area contributed by atoms with Crippen molar-refractivity contribution in [3.8, 4) is 5.75 Å². The fourth-order valence-electron chi connectivity index (χ4n) is 3.39. The Morgan fingerprint density at radius 1 is 0.974 bits per heavy atom. The molecule has 0 aliphatic carbocycles. The van der Waals surface area contributed by atoms with Crippen LogP contribution in [0.5, 0.6) is 5.75 Å². The van der Waals surface area contributed by atoms with E-state index in [4.69, 9.17) is 9.47 Å². The van der Waals surface area contributed by atoms with E-state index in [0.29, 0.717) is 17.1 Å². The third kappa shape index (κ3) is 12.4. The average Bonchev–Trinajstić information content (AvgIpc) is 2.91. The van der Waals surface area contributed by atoms with Gasteiger partial charge in [-0.25, -0.2) is 0 Å². The van der Waals surface area contributed by atoms with E-state index in [1.165, 1.54) is 39.0 Å². The fraction of sp³-hybridized carbons (Fsp3) is 0.467. The fourth-order valence-corrected chi connectivity index (χ4v) is 4.57. The number of esters is 1. The monoisotopic (exact) mass is 555 g/mol. The van der Waals surface area contributed by atoms with Crippen molar-refractivity contribution in [3.63, 3.8) is 0 Å². The highest BCUT2D eigenvalue weighted by Crippen LogP contribution is 2.25. The van der Waals surface area contributed by atoms with Crippen molar-refractivity contribution in [3.05, 3.63) is 66.1 Å². The molecule has 0 unspecified atom stereocenters. The average molecular weight is 556 g/mol. The van der Waals surface area contributed by atoms with Gasteiger partial charge in [0.15, 0.2) is 5.70 Å². The number of carbonyl (C=O) groups excluding carboxylic acids is 2. The predicted octanol–water partition coefficient (Wildman–Crippen LogP) is 7.85. The number of anilines is 1. The first-order valence-electron chi connectivity index (χ1n) is 13.4. The van der Waals surface area contributed by atoms with E-state index in [1.54, 1.807) is 60.3 Å². The van der Waals surface area contributed by atoms with E-state index in [1.807, 2.05) is 19.9 Å². The number of nitrogens with zero attached hydrogens (tertiary/aromatic N) is 2. The molecule has 0 bridgehead atoms. The molecule has 2 N–H and O–H groups in total. The Labute approximate surface area is 236 Å². The number of azo groups is 1. The van der Waals surface area contributed by atoms with Crippen molar-refractivity contribution in [2.24, 2.45) is 15.6 Å². The molecule has 0 saturated heterocycles. The Hall–Kier alpha value is -3.33. The van der Waals surface area contributed by atoms with Gasteiger partial charge in [0, 0.05) is 11.4 Å². The van der Waals surface area contributed by atoms with Gasteiger partial charge in [0.2, 0.25) is 0 Å². The van der Waals surface area contributed by atoms with E-state index < -0.39 is 11.3 Å². The van der Waals surface area contributed by atoms with Crippen molar-refractivity contribution in [2.45, 2.75) is 59.8 Å². The number of unbranched alkanes of at least 4 members (excludes halogenated alkanes) is 4. The van der Waals surface area contributed by atoms with Gasteiger partial charge in [-0.15, -0.1) is 5.11 Å². The summed E-state index contributed by atoms with van der Waals surface area (Å²) in [5.74, 6) is 1.30. The van der Waals surface area contributed by atoms with Gasteiger partial charge in [-0.2, -0.15) is 16.9 Å². The maximum absolute atomic E-state index is 12.6. The SMILES string of the molecule is CCCCCCCSCC(C)(C)C(=O)OCCOc1ccc(NC(=O)C(N=Nc2ccccc2)=C(C)O)cc1. The number of carbonyl (C=O) groups is 2. The lowest BCUT2D eigenvalue weighted by atomic mass is 9.97. The van der Waals surface area contributed by atoms with Crippen molar-refractivity contribution in [2.75, 3.05) is 30.0 Å². The van der Waals surface area contributed by atoms with Crippen LogP contribution in [0.25, 0.3) is 0 Å². The number of rotatable bonds is 17. The first-order valence-corrected chi connectivity index (χ1v) is 14.5. The molecule has 0 aromatic heterocycles. The van der Waals surface area contributed by atoms with Gasteiger partial charge in [0.05, 0.1) is 11.1 Å². The number of ether oxygens (including phenoxy) is 2. The van der Waals surface area contributed by atoms with E-state index in [0.717, 1.165) is 11.5 Å². The minimum Gasteiger partial charge on any atom is -0.510 e. The zero-order valence-electron chi connectivity index (χ0n) is 23.4. The van der Waals surface area contributed by atoms with Crippen LogP contribution in [0.3, 0.4) is 0 Å². The normalized spacial score (nSPS) is 12.2. The topological polar surface area (TPSA) is 110 Å². The summed E-state index contributed by atoms with van der Waals surface area (Å²) in [4.78, 5) is 25.1. The lowest BCUT2D eigenvalue weighted by molar-refractivity contribution is -0.153. The van der Waals surface area contributed by atoms with E-state index >= 15 is 0 Å². The number of allylic oxidation sites excluding steroid dienone is 1. The molecule has 0 aliphatic heterocycles. The number of hydrogen-bond acceptors (Lipinski definition) is 8. The smallest absolute Gasteiger partial charge is 0.312 e. The molecule has 2 rings (SSSR count). The lowest BCUT2D eigenvalue weighted by Crippen LogP contribution is -2.30. The van der Waals surface area contributed by atoms with E-state index in [-0.39, 0.29) is 30.6 Å². The third-order valence-electron chi connectivity index (χ3n) is 5.68. The largest absolute Gasteiger partial charge is 0.510 e. The second kappa shape index (κ2) is 17.3. The second-order valence-corrected chi connectivity index (χ2v) is 10.9. The quantitative estimate of drug-likeness (QED) is 0.0676. The molecule has 8 nitrogen and oxygen atoms in total. The van der Waals surface area contributed by atoms with E-state index in [2.05, 4.69) is 22.5 Å². The highest BCUT2D eigenvalue weighted by molar-refractivity contribution is 7.99. The van der Waals surface area contributed by atoms with Gasteiger partial charge in [-0.05, 0) is 69.3 Å². The van der Waals surface area contributed by atoms with Crippen molar-refractivity contribution >= 4 is 35.0 Å². The van der Waals surface area contributed by atoms with Crippen LogP contribution in [0, 0.1) is 5.41 Å². The van der Waals surface area contributed by atoms with Crippen LogP contribution >= 0.6 is 11.8 Å². The molecule has 9 heteroatoms. The van der Waals surface area contributed by atoms with Crippen molar-refractivity contribution in [1.82, 2.24) is 0 Å². The number of benzene rings is 2. The molecule has 0 radical (unpaired) electrons. The molecule has 0 atom stereocenters. The maximum Gasteiger partial charge on any atom is 0.312 e. The Kier molecular flexibility index (Phi) is 14.1. The van der Waals surface area contributed by atoms with Crippen LogP contribution in [0.2, 0.25) is 0 Å². The molecular formula is C30H41N3O5S. The highest BCUT2D eigenvalue weighted by atomic mass is 32.2. The van der Waals surface area contributed by atoms with Crippen molar-refractivity contribution < 1.29 is 24.2 Å². The van der Waals surface area contributed by atoms with Gasteiger partial charge in [-0.1, -0.05) is 50.8 Å². The summed E-state index contributed by atoms with van der Waals surface area (Å²) < 4.78 is 11.1. The summed E-state index contributed by atoms with van der Waals surface area (Å²) >= 11 is 1.80. The Balaban J connectivity index is 1.73. The van der Waals surface area contributed by atoms with Crippen LogP contribution in [-0.4, -0.2) is 41.7 Å². The molecule has 0 spiro atoms. The van der Waals surface area contributed by atoms with E-state index in [9.17, 15) is 14.7 Å². The summed E-state index contributed by atoms with van der Waals surface area (Å²) in [6, 6.07) is 15.6. The number of aliphatic hydroxyl groups is 1. The lowest BCUT2D eigenvalue weighted by Gasteiger charge is -2.22. The summed E-state index contributed by atoms with van der Waals surface area (Å²) in [6.07, 6.45) is 6.25. The maximum atomic E-state index is 12.6. The van der Waals surface area contributed by atoms with Crippen LogP contribution in [0.15, 0.2) is 76.3 Å². The van der Waals surface area contributed by atoms with Crippen LogP contribution in [0.4, 0.5) is 11.4 Å². The molecule has 0 fully saturated rings. The standard InChI is InChI=1S/C30H41N3O5S/c1-5-6-7-8-12-21-39-22-30(3,4)29(36)38-20-19-37-26-17-15-24(16-18-26)31-28(35)27(23(2)34)33-32-25-13-10-9-11-14-25/h9-11,13-18,34H,5-8,12,19-22H2,1-4H3,(H,31,35). The second-order valence-electron chi connectivity index (χ2n) is 9.78. The number of hydrogen-bond donors (Lipinski definition) is 2. The summed E-state index contributed by atoms with van der Waals surface area (Å²) in [5, 5.41) is 20.5. The summed E-state index contributed by atoms with van der Waals surface area (Å²) in [5.41, 5.74) is 0.327. The molecule has 1 amide bonds. The highest BCUT2D eigenvalue weighted by Gasteiger charge is 2.29. The van der Waals surface area contributed by atoms with Gasteiger partial charge in [0.25, 0.3) is 5.91 Å². The molecular weight excluding hydrogens is 514 g/mol. The Bertz CT molecular complexity index is 1080. The van der Waals surface area contributed by atoms with Crippen LogP contribution in [-0.2, 0) is 14.3 Å². The molecule has 0 saturated carbocycles. The third-order valence-corrected chi connectivity index (χ3v) is 7.19. The first kappa shape index (κ1) is 31.9. The predicted molar refractivity (Wildman–Crippen MR) is 158 cm³/mol. The minimum atomic E-state index is -0.590. The van der Waals surface area contributed by atoms with Crippen LogP contribution in [0.1, 0.15) is 59.8 Å². The molecule has 39 heavy (non-hydrogen) atoms. The molecule has 212 valence electrons. The number of aliphatic hydroxyl groups excluding tert-OH is 1. The van der Waals surface area contributed by atoms with Gasteiger partial charge >= 0.3 is 5.97 Å². The molecule has 2 aromatic rings. The summed E-state index contributed by atoms with van der Waals surface area (Å²) in [6.45, 7) is 7.78. The number of amides is 1. The number of thioether (sulfide) groups is 1. The zero-order valence-corrected chi connectivity index (χ0v) is 24.3. The Morgan fingerprint density at radius 3 is 2.33 bits per heavy atom. The van der Waals surface area contributed by atoms with Gasteiger partial charge in [-0.3, -0.25) is 9.59 Å². The van der Waals surface area contributed by atoms with Gasteiger partial charge in [0.1, 0.15) is 24.7 Å². The number of nitrogens with one attached hydrogen (secondary N) is 1. The first-order chi connectivity index (χ1) is 18.7. The molecule has 2 aromatic carbocycles. The minimum absolute atomic E-state index is 0.152. The summed E-state index contributed by atoms with van der Waals surface area (Å²) in [7, 11) is 0. The molecule has 0 heterocycles.